The molecule has 0 aliphatic carbocycles. The van der Waals surface area contributed by atoms with Gasteiger partial charge in [-0.15, -0.1) is 0 Å². The third kappa shape index (κ3) is 6.84. The molecule has 1 amide bonds. The van der Waals surface area contributed by atoms with Gasteiger partial charge in [-0.3, -0.25) is 10.2 Å². The molecule has 0 aliphatic rings. The fourth-order valence-electron chi connectivity index (χ4n) is 2.61. The second-order valence-corrected chi connectivity index (χ2v) is 6.94. The first-order valence-electron chi connectivity index (χ1n) is 9.44. The van der Waals surface area contributed by atoms with E-state index < -0.39 is 11.7 Å². The lowest BCUT2D eigenvalue weighted by Crippen LogP contribution is -2.20. The van der Waals surface area contributed by atoms with Crippen molar-refractivity contribution in [2.45, 2.75) is 6.18 Å². The van der Waals surface area contributed by atoms with Crippen molar-refractivity contribution < 1.29 is 27.4 Å². The Kier molecular flexibility index (Phi) is 7.73. The highest BCUT2D eigenvalue weighted by atomic mass is 35.5. The van der Waals surface area contributed by atoms with Crippen LogP contribution in [0.3, 0.4) is 0 Å². The number of alkyl halides is 3. The average Bonchev–Trinajstić information content (AvgIpc) is 2.78. The number of carbonyl (C=O) groups excluding carboxylic acids is 1. The van der Waals surface area contributed by atoms with Crippen LogP contribution in [-0.4, -0.2) is 30.8 Å². The van der Waals surface area contributed by atoms with Crippen LogP contribution in [0.4, 0.5) is 24.7 Å². The van der Waals surface area contributed by atoms with Crippen molar-refractivity contribution in [3.63, 3.8) is 0 Å². The van der Waals surface area contributed by atoms with E-state index in [-0.39, 0.29) is 34.9 Å². The zero-order valence-electron chi connectivity index (χ0n) is 17.2. The van der Waals surface area contributed by atoms with Crippen LogP contribution in [-0.2, 0) is 11.0 Å². The average molecular weight is 479 g/mol. The molecule has 3 rings (SSSR count). The number of halogens is 4. The van der Waals surface area contributed by atoms with Gasteiger partial charge in [-0.05, 0) is 42.0 Å². The minimum Gasteiger partial charge on any atom is -0.493 e. The van der Waals surface area contributed by atoms with Gasteiger partial charge in [-0.2, -0.15) is 18.3 Å². The summed E-state index contributed by atoms with van der Waals surface area (Å²) < 4.78 is 48.6. The molecule has 172 valence electrons. The van der Waals surface area contributed by atoms with Crippen molar-refractivity contribution in [2.75, 3.05) is 24.5 Å². The Balaban J connectivity index is 1.62. The number of methoxy groups -OCH3 is 1. The van der Waals surface area contributed by atoms with Crippen LogP contribution in [0, 0.1) is 0 Å². The first-order chi connectivity index (χ1) is 15.8. The number of nitrogens with zero attached hydrogens (tertiary/aromatic N) is 2. The molecule has 33 heavy (non-hydrogen) atoms. The molecular formula is C22H18ClF3N4O3. The van der Waals surface area contributed by atoms with E-state index in [9.17, 15) is 18.0 Å². The molecule has 0 spiro atoms. The molecule has 1 aromatic heterocycles. The number of ether oxygens (including phenoxy) is 2. The van der Waals surface area contributed by atoms with Crippen molar-refractivity contribution in [2.24, 2.45) is 5.10 Å². The molecule has 1 heterocycles. The molecule has 2 aromatic carbocycles. The minimum atomic E-state index is -4.46. The topological polar surface area (TPSA) is 84.8 Å². The van der Waals surface area contributed by atoms with E-state index in [2.05, 4.69) is 20.8 Å². The smallest absolute Gasteiger partial charge is 0.417 e. The van der Waals surface area contributed by atoms with Crippen molar-refractivity contribution >= 4 is 35.2 Å². The fraction of sp³-hybridized carbons (Fsp3) is 0.136. The Labute approximate surface area is 192 Å². The lowest BCUT2D eigenvalue weighted by Gasteiger charge is -2.13. The SMILES string of the molecule is COc1cc(/C=N\Nc2ccc(C(F)(F)F)cn2)cc(Cl)c1OCC(=O)Nc1ccccc1. The number of amides is 1. The summed E-state index contributed by atoms with van der Waals surface area (Å²) in [5.74, 6) is 0.195. The predicted molar refractivity (Wildman–Crippen MR) is 119 cm³/mol. The molecule has 0 aliphatic heterocycles. The fourth-order valence-corrected chi connectivity index (χ4v) is 2.88. The number of hydrogen-bond acceptors (Lipinski definition) is 6. The Bertz CT molecular complexity index is 1120. The number of aromatic nitrogens is 1. The summed E-state index contributed by atoms with van der Waals surface area (Å²) in [5, 5.41) is 6.80. The Morgan fingerprint density at radius 1 is 1.18 bits per heavy atom. The highest BCUT2D eigenvalue weighted by Crippen LogP contribution is 2.36. The summed E-state index contributed by atoms with van der Waals surface area (Å²) in [4.78, 5) is 15.8. The van der Waals surface area contributed by atoms with Gasteiger partial charge in [0, 0.05) is 11.9 Å². The van der Waals surface area contributed by atoms with Crippen molar-refractivity contribution in [1.82, 2.24) is 4.98 Å². The Hall–Kier alpha value is -3.79. The van der Waals surface area contributed by atoms with Crippen molar-refractivity contribution in [3.8, 4) is 11.5 Å². The largest absolute Gasteiger partial charge is 0.493 e. The summed E-state index contributed by atoms with van der Waals surface area (Å²) in [6.45, 7) is -0.292. The van der Waals surface area contributed by atoms with E-state index in [1.165, 1.54) is 19.4 Å². The zero-order chi connectivity index (χ0) is 23.8. The van der Waals surface area contributed by atoms with Gasteiger partial charge in [-0.25, -0.2) is 4.98 Å². The molecule has 7 nitrogen and oxygen atoms in total. The monoisotopic (exact) mass is 478 g/mol. The number of pyridine rings is 1. The van der Waals surface area contributed by atoms with Crippen LogP contribution in [0.5, 0.6) is 11.5 Å². The molecular weight excluding hydrogens is 461 g/mol. The first-order valence-corrected chi connectivity index (χ1v) is 9.81. The molecule has 3 aromatic rings. The van der Waals surface area contributed by atoms with E-state index in [0.29, 0.717) is 17.4 Å². The number of hydrazone groups is 1. The molecule has 2 N–H and O–H groups in total. The normalized spacial score (nSPS) is 11.3. The second kappa shape index (κ2) is 10.7. The summed E-state index contributed by atoms with van der Waals surface area (Å²) in [5.41, 5.74) is 2.81. The van der Waals surface area contributed by atoms with Gasteiger partial charge in [0.25, 0.3) is 5.91 Å². The van der Waals surface area contributed by atoms with E-state index in [1.807, 2.05) is 6.07 Å². The van der Waals surface area contributed by atoms with Crippen LogP contribution in [0.25, 0.3) is 0 Å². The summed E-state index contributed by atoms with van der Waals surface area (Å²) in [6, 6.07) is 14.1. The zero-order valence-corrected chi connectivity index (χ0v) is 17.9. The van der Waals surface area contributed by atoms with Crippen LogP contribution in [0.1, 0.15) is 11.1 Å². The van der Waals surface area contributed by atoms with Gasteiger partial charge in [0.15, 0.2) is 18.1 Å². The summed E-state index contributed by atoms with van der Waals surface area (Å²) in [6.07, 6.45) is -2.38. The lowest BCUT2D eigenvalue weighted by molar-refractivity contribution is -0.137. The van der Waals surface area contributed by atoms with Gasteiger partial charge in [-0.1, -0.05) is 29.8 Å². The second-order valence-electron chi connectivity index (χ2n) is 6.54. The number of anilines is 2. The number of nitrogens with one attached hydrogen (secondary N) is 2. The van der Waals surface area contributed by atoms with Gasteiger partial charge < -0.3 is 14.8 Å². The molecule has 0 atom stereocenters. The van der Waals surface area contributed by atoms with E-state index >= 15 is 0 Å². The molecule has 0 bridgehead atoms. The maximum absolute atomic E-state index is 12.6. The standard InChI is InChI=1S/C22H18ClF3N4O3/c1-32-18-10-14(11-28-30-19-8-7-15(12-27-19)22(24,25)26)9-17(23)21(18)33-13-20(31)29-16-5-3-2-4-6-16/h2-12H,13H2,1H3,(H,27,30)(H,29,31)/b28-11-. The van der Waals surface area contributed by atoms with Crippen LogP contribution >= 0.6 is 11.6 Å². The van der Waals surface area contributed by atoms with Gasteiger partial charge in [0.2, 0.25) is 0 Å². The highest BCUT2D eigenvalue weighted by Gasteiger charge is 2.30. The molecule has 11 heteroatoms. The van der Waals surface area contributed by atoms with E-state index in [0.717, 1.165) is 12.1 Å². The maximum atomic E-state index is 12.6. The number of hydrogen-bond donors (Lipinski definition) is 2. The van der Waals surface area contributed by atoms with Gasteiger partial charge >= 0.3 is 6.18 Å². The number of carbonyl (C=O) groups is 1. The first kappa shape index (κ1) is 23.9. The van der Waals surface area contributed by atoms with Gasteiger partial charge in [0.1, 0.15) is 5.82 Å². The highest BCUT2D eigenvalue weighted by molar-refractivity contribution is 6.32. The third-order valence-electron chi connectivity index (χ3n) is 4.14. The predicted octanol–water partition coefficient (Wildman–Crippen LogP) is 5.23. The van der Waals surface area contributed by atoms with Crippen molar-refractivity contribution in [3.05, 3.63) is 76.9 Å². The molecule has 0 radical (unpaired) electrons. The van der Waals surface area contributed by atoms with Gasteiger partial charge in [0.05, 0.1) is 23.9 Å². The van der Waals surface area contributed by atoms with Crippen LogP contribution in [0.2, 0.25) is 5.02 Å². The molecule has 0 fully saturated rings. The minimum absolute atomic E-state index is 0.127. The quantitative estimate of drug-likeness (QED) is 0.342. The molecule has 0 saturated carbocycles. The number of para-hydroxylation sites is 1. The molecule has 0 unspecified atom stereocenters. The van der Waals surface area contributed by atoms with E-state index in [1.54, 1.807) is 30.3 Å². The summed E-state index contributed by atoms with van der Waals surface area (Å²) >= 11 is 6.28. The Morgan fingerprint density at radius 2 is 1.94 bits per heavy atom. The van der Waals surface area contributed by atoms with Crippen LogP contribution in [0.15, 0.2) is 65.9 Å². The lowest BCUT2D eigenvalue weighted by atomic mass is 10.2. The Morgan fingerprint density at radius 3 is 2.58 bits per heavy atom. The maximum Gasteiger partial charge on any atom is 0.417 e. The van der Waals surface area contributed by atoms with E-state index in [4.69, 9.17) is 21.1 Å². The third-order valence-corrected chi connectivity index (χ3v) is 4.42. The van der Waals surface area contributed by atoms with Crippen LogP contribution < -0.4 is 20.2 Å². The molecule has 0 saturated heterocycles. The number of rotatable bonds is 8. The summed E-state index contributed by atoms with van der Waals surface area (Å²) in [7, 11) is 1.41. The van der Waals surface area contributed by atoms with Crippen molar-refractivity contribution in [1.29, 1.82) is 0 Å². The number of benzene rings is 2.